The van der Waals surface area contributed by atoms with Crippen molar-refractivity contribution < 1.29 is 14.3 Å². The Bertz CT molecular complexity index is 620. The Morgan fingerprint density at radius 2 is 1.58 bits per heavy atom. The Morgan fingerprint density at radius 1 is 0.875 bits per heavy atom. The number of para-hydroxylation sites is 2. The van der Waals surface area contributed by atoms with E-state index in [0.29, 0.717) is 11.5 Å². The van der Waals surface area contributed by atoms with E-state index in [1.54, 1.807) is 12.1 Å². The van der Waals surface area contributed by atoms with Crippen LogP contribution in [0.3, 0.4) is 0 Å². The minimum absolute atomic E-state index is 0.480. The van der Waals surface area contributed by atoms with Gasteiger partial charge in [0.05, 0.1) is 0 Å². The molecule has 0 unspecified atom stereocenters. The van der Waals surface area contributed by atoms with E-state index in [1.807, 2.05) is 42.5 Å². The highest BCUT2D eigenvalue weighted by molar-refractivity contribution is 5.67. The molecule has 0 spiro atoms. The van der Waals surface area contributed by atoms with E-state index in [4.69, 9.17) is 9.47 Å². The summed E-state index contributed by atoms with van der Waals surface area (Å²) >= 11 is 0. The Kier molecular flexibility index (Phi) is 7.34. The van der Waals surface area contributed by atoms with Crippen LogP contribution < -0.4 is 9.47 Å². The van der Waals surface area contributed by atoms with E-state index >= 15 is 0 Å². The molecule has 0 aliphatic rings. The zero-order chi connectivity index (χ0) is 17.2. The lowest BCUT2D eigenvalue weighted by molar-refractivity contribution is 0.151. The average molecular weight is 326 g/mol. The van der Waals surface area contributed by atoms with Crippen LogP contribution in [0.25, 0.3) is 0 Å². The smallest absolute Gasteiger partial charge is 0.395 e. The van der Waals surface area contributed by atoms with Crippen molar-refractivity contribution >= 4 is 6.16 Å². The van der Waals surface area contributed by atoms with Crippen molar-refractivity contribution in [3.05, 3.63) is 60.2 Å². The summed E-state index contributed by atoms with van der Waals surface area (Å²) in [6, 6.07) is 16.6. The second-order valence-electron chi connectivity index (χ2n) is 6.37. The first-order valence-corrected chi connectivity index (χ1v) is 8.68. The van der Waals surface area contributed by atoms with Gasteiger partial charge in [-0.3, -0.25) is 0 Å². The normalized spacial score (nSPS) is 10.6. The molecule has 3 heteroatoms. The van der Waals surface area contributed by atoms with Gasteiger partial charge in [-0.15, -0.1) is 0 Å². The highest BCUT2D eigenvalue weighted by Gasteiger charge is 2.11. The van der Waals surface area contributed by atoms with Gasteiger partial charge in [0, 0.05) is 0 Å². The number of ether oxygens (including phenoxy) is 2. The molecule has 0 aliphatic heterocycles. The molecule has 0 saturated heterocycles. The monoisotopic (exact) mass is 326 g/mol. The topological polar surface area (TPSA) is 35.5 Å². The maximum Gasteiger partial charge on any atom is 0.519 e. The SMILES string of the molecule is CC(C)CCCCCc1ccccc1OC(=O)Oc1ccccc1. The maximum absolute atomic E-state index is 11.9. The van der Waals surface area contributed by atoms with Crippen LogP contribution in [0.5, 0.6) is 11.5 Å². The zero-order valence-electron chi connectivity index (χ0n) is 14.5. The number of carbonyl (C=O) groups excluding carboxylic acids is 1. The fourth-order valence-corrected chi connectivity index (χ4v) is 2.55. The summed E-state index contributed by atoms with van der Waals surface area (Å²) in [6.07, 6.45) is 5.01. The van der Waals surface area contributed by atoms with E-state index in [1.165, 1.54) is 19.3 Å². The molecule has 0 aromatic heterocycles. The lowest BCUT2D eigenvalue weighted by Gasteiger charge is -2.10. The molecule has 0 radical (unpaired) electrons. The molecular weight excluding hydrogens is 300 g/mol. The molecule has 0 amide bonds. The van der Waals surface area contributed by atoms with Gasteiger partial charge in [-0.1, -0.05) is 69.5 Å². The third kappa shape index (κ3) is 6.45. The maximum atomic E-state index is 11.9. The largest absolute Gasteiger partial charge is 0.519 e. The first kappa shape index (κ1) is 18.1. The number of unbranched alkanes of at least 4 members (excludes halogenated alkanes) is 2. The van der Waals surface area contributed by atoms with Crippen molar-refractivity contribution in [2.75, 3.05) is 0 Å². The predicted octanol–water partition coefficient (Wildman–Crippen LogP) is 6.02. The molecular formula is C21H26O3. The molecule has 0 saturated carbocycles. The van der Waals surface area contributed by atoms with Gasteiger partial charge in [-0.05, 0) is 42.5 Å². The van der Waals surface area contributed by atoms with Gasteiger partial charge in [-0.2, -0.15) is 0 Å². The van der Waals surface area contributed by atoms with Crippen molar-refractivity contribution in [3.63, 3.8) is 0 Å². The minimum Gasteiger partial charge on any atom is -0.395 e. The Labute approximate surface area is 144 Å². The van der Waals surface area contributed by atoms with Gasteiger partial charge in [0.2, 0.25) is 0 Å². The number of carbonyl (C=O) groups is 1. The first-order valence-electron chi connectivity index (χ1n) is 8.68. The van der Waals surface area contributed by atoms with Crippen LogP contribution in [-0.4, -0.2) is 6.16 Å². The molecule has 0 fully saturated rings. The van der Waals surface area contributed by atoms with Crippen LogP contribution in [0.4, 0.5) is 4.79 Å². The van der Waals surface area contributed by atoms with Crippen molar-refractivity contribution in [1.29, 1.82) is 0 Å². The molecule has 0 heterocycles. The number of hydrogen-bond donors (Lipinski definition) is 0. The lowest BCUT2D eigenvalue weighted by atomic mass is 10.0. The first-order chi connectivity index (χ1) is 11.6. The van der Waals surface area contributed by atoms with Crippen LogP contribution in [0.2, 0.25) is 0 Å². The van der Waals surface area contributed by atoms with Gasteiger partial charge < -0.3 is 9.47 Å². The van der Waals surface area contributed by atoms with E-state index in [-0.39, 0.29) is 0 Å². The summed E-state index contributed by atoms with van der Waals surface area (Å²) in [7, 11) is 0. The van der Waals surface area contributed by atoms with E-state index < -0.39 is 6.16 Å². The lowest BCUT2D eigenvalue weighted by Crippen LogP contribution is -2.14. The van der Waals surface area contributed by atoms with Gasteiger partial charge >= 0.3 is 6.16 Å². The minimum atomic E-state index is -0.701. The Balaban J connectivity index is 1.85. The summed E-state index contributed by atoms with van der Waals surface area (Å²) in [6.45, 7) is 4.50. The van der Waals surface area contributed by atoms with Gasteiger partial charge in [-0.25, -0.2) is 4.79 Å². The molecule has 2 rings (SSSR count). The molecule has 0 aliphatic carbocycles. The van der Waals surface area contributed by atoms with Gasteiger partial charge in [0.1, 0.15) is 11.5 Å². The zero-order valence-corrected chi connectivity index (χ0v) is 14.5. The van der Waals surface area contributed by atoms with E-state index in [9.17, 15) is 4.79 Å². The Hall–Kier alpha value is -2.29. The van der Waals surface area contributed by atoms with Gasteiger partial charge in [0.25, 0.3) is 0 Å². The molecule has 0 N–H and O–H groups in total. The molecule has 0 bridgehead atoms. The highest BCUT2D eigenvalue weighted by Crippen LogP contribution is 2.22. The third-order valence-corrected chi connectivity index (χ3v) is 3.84. The molecule has 3 nitrogen and oxygen atoms in total. The summed E-state index contributed by atoms with van der Waals surface area (Å²) in [5.74, 6) is 1.82. The second kappa shape index (κ2) is 9.76. The van der Waals surface area contributed by atoms with Crippen LogP contribution in [0.15, 0.2) is 54.6 Å². The quantitative estimate of drug-likeness (QED) is 0.338. The number of hydrogen-bond acceptors (Lipinski definition) is 3. The fraction of sp³-hybridized carbons (Fsp3) is 0.381. The van der Waals surface area contributed by atoms with Crippen molar-refractivity contribution in [2.24, 2.45) is 5.92 Å². The average Bonchev–Trinajstić information content (AvgIpc) is 2.56. The second-order valence-corrected chi connectivity index (χ2v) is 6.37. The molecule has 24 heavy (non-hydrogen) atoms. The van der Waals surface area contributed by atoms with Crippen molar-refractivity contribution in [1.82, 2.24) is 0 Å². The van der Waals surface area contributed by atoms with E-state index in [2.05, 4.69) is 13.8 Å². The van der Waals surface area contributed by atoms with Crippen molar-refractivity contribution in [2.45, 2.75) is 46.0 Å². The third-order valence-electron chi connectivity index (χ3n) is 3.84. The van der Waals surface area contributed by atoms with Crippen LogP contribution >= 0.6 is 0 Å². The standard InChI is InChI=1S/C21H26O3/c1-17(2)11-5-3-6-12-18-13-9-10-16-20(18)24-21(22)23-19-14-7-4-8-15-19/h4,7-10,13-17H,3,5-6,11-12H2,1-2H3. The number of aryl methyl sites for hydroxylation is 1. The summed E-state index contributed by atoms with van der Waals surface area (Å²) in [5.41, 5.74) is 1.05. The van der Waals surface area contributed by atoms with Crippen LogP contribution in [0, 0.1) is 5.92 Å². The summed E-state index contributed by atoms with van der Waals surface area (Å²) < 4.78 is 10.6. The molecule has 0 atom stereocenters. The number of rotatable bonds is 8. The molecule has 2 aromatic carbocycles. The van der Waals surface area contributed by atoms with E-state index in [0.717, 1.165) is 24.3 Å². The fourth-order valence-electron chi connectivity index (χ4n) is 2.55. The molecule has 2 aromatic rings. The van der Waals surface area contributed by atoms with Crippen LogP contribution in [-0.2, 0) is 6.42 Å². The van der Waals surface area contributed by atoms with Crippen molar-refractivity contribution in [3.8, 4) is 11.5 Å². The molecule has 128 valence electrons. The summed E-state index contributed by atoms with van der Waals surface area (Å²) in [4.78, 5) is 11.9. The number of benzene rings is 2. The predicted molar refractivity (Wildman–Crippen MR) is 96.5 cm³/mol. The highest BCUT2D eigenvalue weighted by atomic mass is 16.7. The summed E-state index contributed by atoms with van der Waals surface area (Å²) in [5, 5.41) is 0. The Morgan fingerprint density at radius 3 is 2.33 bits per heavy atom. The van der Waals surface area contributed by atoms with Gasteiger partial charge in [0.15, 0.2) is 0 Å². The van der Waals surface area contributed by atoms with Crippen LogP contribution in [0.1, 0.15) is 45.1 Å².